The molecule has 0 aromatic heterocycles. The topological polar surface area (TPSA) is 118 Å². The Hall–Kier alpha value is -2.71. The molecule has 0 saturated carbocycles. The fourth-order valence-corrected chi connectivity index (χ4v) is 2.98. The van der Waals surface area contributed by atoms with E-state index in [1.54, 1.807) is 12.1 Å². The number of hydrogen-bond donors (Lipinski definition) is 3. The summed E-state index contributed by atoms with van der Waals surface area (Å²) in [5.41, 5.74) is 2.13. The van der Waals surface area contributed by atoms with Crippen molar-refractivity contribution in [3.05, 3.63) is 59.7 Å². The minimum absolute atomic E-state index is 0.0135. The third kappa shape index (κ3) is 6.17. The van der Waals surface area contributed by atoms with E-state index in [0.29, 0.717) is 11.3 Å². The highest BCUT2D eigenvalue weighted by Gasteiger charge is 2.14. The van der Waals surface area contributed by atoms with E-state index < -0.39 is 10.0 Å². The van der Waals surface area contributed by atoms with Crippen molar-refractivity contribution in [3.8, 4) is 0 Å². The number of rotatable bonds is 6. The number of hydrogen-bond acceptors (Lipinski definition) is 4. The van der Waals surface area contributed by atoms with Crippen LogP contribution in [0.15, 0.2) is 53.4 Å². The molecule has 0 fully saturated rings. The van der Waals surface area contributed by atoms with E-state index in [9.17, 15) is 18.0 Å². The van der Waals surface area contributed by atoms with Gasteiger partial charge < -0.3 is 10.6 Å². The smallest absolute Gasteiger partial charge is 0.251 e. The third-order valence-electron chi connectivity index (χ3n) is 4.12. The predicted molar refractivity (Wildman–Crippen MR) is 109 cm³/mol. The lowest BCUT2D eigenvalue weighted by Gasteiger charge is -2.19. The minimum atomic E-state index is -3.77. The normalized spacial score (nSPS) is 11.7. The first-order valence-corrected chi connectivity index (χ1v) is 10.3. The van der Waals surface area contributed by atoms with Gasteiger partial charge in [0.2, 0.25) is 15.9 Å². The van der Waals surface area contributed by atoms with E-state index in [4.69, 9.17) is 5.14 Å². The second-order valence-electron chi connectivity index (χ2n) is 7.45. The van der Waals surface area contributed by atoms with Gasteiger partial charge in [-0.25, -0.2) is 13.6 Å². The lowest BCUT2D eigenvalue weighted by Crippen LogP contribution is -2.27. The van der Waals surface area contributed by atoms with E-state index in [1.165, 1.54) is 24.3 Å². The first-order chi connectivity index (χ1) is 13.0. The molecule has 0 atom stereocenters. The molecular weight excluding hydrogens is 378 g/mol. The van der Waals surface area contributed by atoms with Crippen LogP contribution in [-0.2, 0) is 20.2 Å². The minimum Gasteiger partial charge on any atom is -0.352 e. The van der Waals surface area contributed by atoms with Crippen molar-refractivity contribution >= 4 is 27.5 Å². The highest BCUT2D eigenvalue weighted by Crippen LogP contribution is 2.22. The Balaban J connectivity index is 1.82. The molecule has 4 N–H and O–H groups in total. The van der Waals surface area contributed by atoms with Gasteiger partial charge in [0.25, 0.3) is 5.91 Å². The summed E-state index contributed by atoms with van der Waals surface area (Å²) in [6.45, 7) is 6.48. The van der Waals surface area contributed by atoms with Gasteiger partial charge in [-0.15, -0.1) is 0 Å². The van der Waals surface area contributed by atoms with Gasteiger partial charge in [0, 0.05) is 24.2 Å². The molecule has 150 valence electrons. The fraction of sp³-hybridized carbons (Fsp3) is 0.300. The number of sulfonamides is 1. The Morgan fingerprint density at radius 3 is 2.04 bits per heavy atom. The zero-order valence-corrected chi connectivity index (χ0v) is 17.0. The highest BCUT2D eigenvalue weighted by atomic mass is 32.2. The van der Waals surface area contributed by atoms with Crippen LogP contribution in [0.2, 0.25) is 0 Å². The Kier molecular flexibility index (Phi) is 6.58. The SMILES string of the molecule is CC(C)(C)c1ccc(C(=O)NCCC(=O)Nc2ccc(S(N)(=O)=O)cc2)cc1. The van der Waals surface area contributed by atoms with Crippen LogP contribution in [0.5, 0.6) is 0 Å². The molecule has 0 unspecified atom stereocenters. The number of amides is 2. The van der Waals surface area contributed by atoms with Crippen molar-refractivity contribution in [2.75, 3.05) is 11.9 Å². The zero-order chi connectivity index (χ0) is 20.9. The number of carbonyl (C=O) groups excluding carboxylic acids is 2. The maximum Gasteiger partial charge on any atom is 0.251 e. The lowest BCUT2D eigenvalue weighted by molar-refractivity contribution is -0.116. The van der Waals surface area contributed by atoms with Crippen LogP contribution in [0.3, 0.4) is 0 Å². The van der Waals surface area contributed by atoms with E-state index in [-0.39, 0.29) is 35.1 Å². The van der Waals surface area contributed by atoms with Crippen LogP contribution < -0.4 is 15.8 Å². The van der Waals surface area contributed by atoms with Crippen molar-refractivity contribution in [2.24, 2.45) is 5.14 Å². The molecule has 0 saturated heterocycles. The Morgan fingerprint density at radius 2 is 1.54 bits per heavy atom. The molecule has 28 heavy (non-hydrogen) atoms. The van der Waals surface area contributed by atoms with Crippen molar-refractivity contribution in [1.82, 2.24) is 5.32 Å². The number of carbonyl (C=O) groups is 2. The van der Waals surface area contributed by atoms with Crippen LogP contribution in [-0.4, -0.2) is 26.8 Å². The predicted octanol–water partition coefficient (Wildman–Crippen LogP) is 2.39. The number of nitrogens with one attached hydrogen (secondary N) is 2. The van der Waals surface area contributed by atoms with Crippen molar-refractivity contribution < 1.29 is 18.0 Å². The van der Waals surface area contributed by atoms with E-state index >= 15 is 0 Å². The average Bonchev–Trinajstić information content (AvgIpc) is 2.60. The molecule has 2 aromatic carbocycles. The molecule has 0 bridgehead atoms. The maximum absolute atomic E-state index is 12.2. The van der Waals surface area contributed by atoms with Crippen molar-refractivity contribution in [2.45, 2.75) is 37.5 Å². The summed E-state index contributed by atoms with van der Waals surface area (Å²) in [4.78, 5) is 24.1. The number of benzene rings is 2. The summed E-state index contributed by atoms with van der Waals surface area (Å²) in [5.74, 6) is -0.544. The first kappa shape index (κ1) is 21.6. The summed E-state index contributed by atoms with van der Waals surface area (Å²) in [6.07, 6.45) is 0.0861. The highest BCUT2D eigenvalue weighted by molar-refractivity contribution is 7.89. The molecule has 0 aliphatic rings. The van der Waals surface area contributed by atoms with Gasteiger partial charge in [-0.1, -0.05) is 32.9 Å². The molecule has 8 heteroatoms. The molecular formula is C20H25N3O4S. The van der Waals surface area contributed by atoms with E-state index in [1.807, 2.05) is 12.1 Å². The van der Waals surface area contributed by atoms with Gasteiger partial charge in [-0.2, -0.15) is 0 Å². The lowest BCUT2D eigenvalue weighted by atomic mass is 9.87. The Bertz CT molecular complexity index is 944. The number of anilines is 1. The molecule has 7 nitrogen and oxygen atoms in total. The van der Waals surface area contributed by atoms with Crippen LogP contribution in [0.1, 0.15) is 43.1 Å². The number of primary sulfonamides is 1. The van der Waals surface area contributed by atoms with Crippen LogP contribution in [0.4, 0.5) is 5.69 Å². The van der Waals surface area contributed by atoms with Gasteiger partial charge in [-0.05, 0) is 47.4 Å². The van der Waals surface area contributed by atoms with Gasteiger partial charge >= 0.3 is 0 Å². The third-order valence-corrected chi connectivity index (χ3v) is 5.05. The van der Waals surface area contributed by atoms with Gasteiger partial charge in [-0.3, -0.25) is 9.59 Å². The molecule has 0 spiro atoms. The molecule has 2 amide bonds. The standard InChI is InChI=1S/C20H25N3O4S/c1-20(2,3)15-6-4-14(5-7-15)19(25)22-13-12-18(24)23-16-8-10-17(11-9-16)28(21,26)27/h4-11H,12-13H2,1-3H3,(H,22,25)(H,23,24)(H2,21,26,27). The molecule has 2 aromatic rings. The maximum atomic E-state index is 12.2. The number of nitrogens with two attached hydrogens (primary N) is 1. The monoisotopic (exact) mass is 403 g/mol. The first-order valence-electron chi connectivity index (χ1n) is 8.78. The van der Waals surface area contributed by atoms with E-state index in [0.717, 1.165) is 5.56 Å². The summed E-state index contributed by atoms with van der Waals surface area (Å²) < 4.78 is 22.4. The summed E-state index contributed by atoms with van der Waals surface area (Å²) in [6, 6.07) is 12.9. The second kappa shape index (κ2) is 8.53. The second-order valence-corrected chi connectivity index (χ2v) is 9.01. The van der Waals surface area contributed by atoms with E-state index in [2.05, 4.69) is 31.4 Å². The molecule has 0 aliphatic carbocycles. The van der Waals surface area contributed by atoms with Crippen LogP contribution >= 0.6 is 0 Å². The summed E-state index contributed by atoms with van der Waals surface area (Å²) >= 11 is 0. The average molecular weight is 404 g/mol. The summed E-state index contributed by atoms with van der Waals surface area (Å²) in [5, 5.41) is 10.4. The zero-order valence-electron chi connectivity index (χ0n) is 16.2. The Labute approximate surface area is 165 Å². The summed E-state index contributed by atoms with van der Waals surface area (Å²) in [7, 11) is -3.77. The van der Waals surface area contributed by atoms with Gasteiger partial charge in [0.15, 0.2) is 0 Å². The van der Waals surface area contributed by atoms with Crippen molar-refractivity contribution in [3.63, 3.8) is 0 Å². The Morgan fingerprint density at radius 1 is 0.964 bits per heavy atom. The van der Waals surface area contributed by atoms with Crippen molar-refractivity contribution in [1.29, 1.82) is 0 Å². The molecule has 0 aliphatic heterocycles. The largest absolute Gasteiger partial charge is 0.352 e. The van der Waals surface area contributed by atoms with Gasteiger partial charge in [0.05, 0.1) is 4.90 Å². The van der Waals surface area contributed by atoms with Crippen LogP contribution in [0, 0.1) is 0 Å². The fourth-order valence-electron chi connectivity index (χ4n) is 2.46. The molecule has 0 heterocycles. The van der Waals surface area contributed by atoms with Crippen LogP contribution in [0.25, 0.3) is 0 Å². The quantitative estimate of drug-likeness (QED) is 0.686. The van der Waals surface area contributed by atoms with Gasteiger partial charge in [0.1, 0.15) is 0 Å². The molecule has 0 radical (unpaired) electrons. The molecule has 2 rings (SSSR count).